The van der Waals surface area contributed by atoms with Crippen molar-refractivity contribution in [1.82, 2.24) is 15.4 Å². The van der Waals surface area contributed by atoms with Crippen molar-refractivity contribution < 1.29 is 4.74 Å². The minimum atomic E-state index is 0.0247. The third kappa shape index (κ3) is 2.02. The van der Waals surface area contributed by atoms with E-state index in [9.17, 15) is 0 Å². The first-order chi connectivity index (χ1) is 4.79. The number of aromatic amines is 1. The molecule has 1 rings (SSSR count). The van der Waals surface area contributed by atoms with Gasteiger partial charge in [0.05, 0.1) is 0 Å². The largest absolute Gasteiger partial charge is 0.474 e. The molecule has 0 aromatic carbocycles. The van der Waals surface area contributed by atoms with E-state index in [2.05, 4.69) is 15.4 Å². The van der Waals surface area contributed by atoms with E-state index in [1.54, 1.807) is 0 Å². The second-order valence-corrected chi connectivity index (χ2v) is 2.10. The molecule has 0 saturated carbocycles. The molecule has 3 N–H and O–H groups in total. The summed E-state index contributed by atoms with van der Waals surface area (Å²) >= 11 is 0. The van der Waals surface area contributed by atoms with Gasteiger partial charge in [-0.25, -0.2) is 0 Å². The average Bonchev–Trinajstić information content (AvgIpc) is 2.34. The van der Waals surface area contributed by atoms with Crippen LogP contribution in [0.5, 0.6) is 5.88 Å². The Morgan fingerprint density at radius 3 is 3.20 bits per heavy atom. The lowest BCUT2D eigenvalue weighted by molar-refractivity contribution is 0.285. The maximum absolute atomic E-state index is 5.43. The molecule has 1 aromatic rings. The predicted octanol–water partition coefficient (Wildman–Crippen LogP) is -0.469. The van der Waals surface area contributed by atoms with Crippen LogP contribution in [0.3, 0.4) is 0 Å². The van der Waals surface area contributed by atoms with Gasteiger partial charge in [-0.05, 0) is 6.92 Å². The van der Waals surface area contributed by atoms with Crippen molar-refractivity contribution in [3.63, 3.8) is 0 Å². The molecule has 0 aliphatic heterocycles. The summed E-state index contributed by atoms with van der Waals surface area (Å²) in [5.41, 5.74) is 5.43. The monoisotopic (exact) mass is 142 g/mol. The quantitative estimate of drug-likeness (QED) is 0.598. The lowest BCUT2D eigenvalue weighted by atomic mass is 10.4. The summed E-state index contributed by atoms with van der Waals surface area (Å²) < 4.78 is 5.08. The Bertz CT molecular complexity index is 172. The zero-order valence-electron chi connectivity index (χ0n) is 5.74. The van der Waals surface area contributed by atoms with Crippen LogP contribution < -0.4 is 10.5 Å². The van der Waals surface area contributed by atoms with Gasteiger partial charge in [-0.3, -0.25) is 0 Å². The van der Waals surface area contributed by atoms with Crippen LogP contribution in [0.1, 0.15) is 6.92 Å². The van der Waals surface area contributed by atoms with Crippen LogP contribution in [0.15, 0.2) is 6.20 Å². The summed E-state index contributed by atoms with van der Waals surface area (Å²) in [5, 5.41) is 9.66. The molecule has 0 bridgehead atoms. The molecule has 10 heavy (non-hydrogen) atoms. The van der Waals surface area contributed by atoms with Crippen LogP contribution in [0.2, 0.25) is 0 Å². The van der Waals surface area contributed by atoms with E-state index in [0.29, 0.717) is 12.5 Å². The summed E-state index contributed by atoms with van der Waals surface area (Å²) in [6.07, 6.45) is 1.50. The summed E-state index contributed by atoms with van der Waals surface area (Å²) in [5.74, 6) is 0.484. The zero-order valence-corrected chi connectivity index (χ0v) is 5.74. The molecule has 0 amide bonds. The van der Waals surface area contributed by atoms with E-state index in [4.69, 9.17) is 10.5 Å². The van der Waals surface area contributed by atoms with Gasteiger partial charge in [0.25, 0.3) is 5.88 Å². The second kappa shape index (κ2) is 3.17. The van der Waals surface area contributed by atoms with Crippen molar-refractivity contribution in [3.8, 4) is 5.88 Å². The summed E-state index contributed by atoms with van der Waals surface area (Å²) in [4.78, 5) is 0. The third-order valence-corrected chi connectivity index (χ3v) is 0.887. The molecule has 0 fully saturated rings. The fourth-order valence-corrected chi connectivity index (χ4v) is 0.477. The number of H-pyrrole nitrogens is 1. The topological polar surface area (TPSA) is 76.8 Å². The molecule has 1 aromatic heterocycles. The average molecular weight is 142 g/mol. The smallest absolute Gasteiger partial charge is 0.253 e. The lowest BCUT2D eigenvalue weighted by Gasteiger charge is -2.03. The van der Waals surface area contributed by atoms with Crippen molar-refractivity contribution in [1.29, 1.82) is 0 Å². The highest BCUT2D eigenvalue weighted by atomic mass is 16.5. The fraction of sp³-hybridized carbons (Fsp3) is 0.600. The minimum absolute atomic E-state index is 0.0247. The van der Waals surface area contributed by atoms with Gasteiger partial charge in [-0.1, -0.05) is 0 Å². The van der Waals surface area contributed by atoms with Crippen LogP contribution in [0, 0.1) is 0 Å². The van der Waals surface area contributed by atoms with Crippen LogP contribution in [0.4, 0.5) is 0 Å². The van der Waals surface area contributed by atoms with E-state index in [1.807, 2.05) is 6.92 Å². The Balaban J connectivity index is 2.28. The van der Waals surface area contributed by atoms with Gasteiger partial charge in [-0.15, -0.1) is 5.10 Å². The van der Waals surface area contributed by atoms with Gasteiger partial charge < -0.3 is 10.5 Å². The predicted molar refractivity (Wildman–Crippen MR) is 35.5 cm³/mol. The van der Waals surface area contributed by atoms with Crippen molar-refractivity contribution in [2.45, 2.75) is 13.0 Å². The van der Waals surface area contributed by atoms with Crippen LogP contribution in [-0.2, 0) is 0 Å². The third-order valence-electron chi connectivity index (χ3n) is 0.887. The Hall–Kier alpha value is -1.10. The van der Waals surface area contributed by atoms with Gasteiger partial charge in [0.15, 0.2) is 0 Å². The van der Waals surface area contributed by atoms with E-state index >= 15 is 0 Å². The first kappa shape index (κ1) is 7.01. The molecule has 0 radical (unpaired) electrons. The highest BCUT2D eigenvalue weighted by Gasteiger charge is 1.97. The maximum Gasteiger partial charge on any atom is 0.253 e. The Kier molecular flexibility index (Phi) is 2.22. The standard InChI is InChI=1S/C5H10N4O/c1-4(6)3-10-5-2-7-9-8-5/h2,4H,3,6H2,1H3,(H,7,8,9). The second-order valence-electron chi connectivity index (χ2n) is 2.10. The van der Waals surface area contributed by atoms with E-state index in [1.165, 1.54) is 6.20 Å². The molecule has 0 aliphatic rings. The molecule has 0 spiro atoms. The number of rotatable bonds is 3. The van der Waals surface area contributed by atoms with Crippen molar-refractivity contribution >= 4 is 0 Å². The summed E-state index contributed by atoms with van der Waals surface area (Å²) in [7, 11) is 0. The SMILES string of the molecule is CC(N)COc1cn[nH]n1. The summed E-state index contributed by atoms with van der Waals surface area (Å²) in [6.45, 7) is 2.33. The number of nitrogens with one attached hydrogen (secondary N) is 1. The molecular weight excluding hydrogens is 132 g/mol. The lowest BCUT2D eigenvalue weighted by Crippen LogP contribution is -2.23. The first-order valence-electron chi connectivity index (χ1n) is 3.03. The first-order valence-corrected chi connectivity index (χ1v) is 3.03. The summed E-state index contributed by atoms with van der Waals surface area (Å²) in [6, 6.07) is 0.0247. The Morgan fingerprint density at radius 2 is 2.70 bits per heavy atom. The molecule has 1 unspecified atom stereocenters. The molecular formula is C5H10N4O. The minimum Gasteiger partial charge on any atom is -0.474 e. The van der Waals surface area contributed by atoms with Crippen LogP contribution in [-0.4, -0.2) is 28.1 Å². The molecule has 5 heteroatoms. The van der Waals surface area contributed by atoms with Gasteiger partial charge in [0.1, 0.15) is 12.8 Å². The van der Waals surface area contributed by atoms with Crippen molar-refractivity contribution in [2.75, 3.05) is 6.61 Å². The molecule has 1 heterocycles. The highest BCUT2D eigenvalue weighted by molar-refractivity contribution is 4.97. The number of hydrogen-bond donors (Lipinski definition) is 2. The van der Waals surface area contributed by atoms with E-state index in [0.717, 1.165) is 0 Å². The molecule has 56 valence electrons. The van der Waals surface area contributed by atoms with E-state index in [-0.39, 0.29) is 6.04 Å². The highest BCUT2D eigenvalue weighted by Crippen LogP contribution is 1.98. The van der Waals surface area contributed by atoms with Crippen molar-refractivity contribution in [3.05, 3.63) is 6.20 Å². The molecule has 0 aliphatic carbocycles. The molecule has 1 atom stereocenters. The Labute approximate surface area is 58.6 Å². The van der Waals surface area contributed by atoms with Gasteiger partial charge in [0, 0.05) is 6.04 Å². The van der Waals surface area contributed by atoms with Gasteiger partial charge in [0.2, 0.25) is 0 Å². The van der Waals surface area contributed by atoms with Crippen molar-refractivity contribution in [2.24, 2.45) is 5.73 Å². The van der Waals surface area contributed by atoms with Gasteiger partial charge >= 0.3 is 0 Å². The number of nitrogens with zero attached hydrogens (tertiary/aromatic N) is 2. The van der Waals surface area contributed by atoms with Crippen LogP contribution >= 0.6 is 0 Å². The van der Waals surface area contributed by atoms with Crippen LogP contribution in [0.25, 0.3) is 0 Å². The maximum atomic E-state index is 5.43. The number of hydrogen-bond acceptors (Lipinski definition) is 4. The fourth-order valence-electron chi connectivity index (χ4n) is 0.477. The Morgan fingerprint density at radius 1 is 1.90 bits per heavy atom. The number of aromatic nitrogens is 3. The number of nitrogens with two attached hydrogens (primary N) is 1. The molecule has 0 saturated heterocycles. The van der Waals surface area contributed by atoms with Gasteiger partial charge in [-0.2, -0.15) is 10.3 Å². The molecule has 5 nitrogen and oxygen atoms in total. The zero-order chi connectivity index (χ0) is 7.40. The number of ether oxygens (including phenoxy) is 1. The normalized spacial score (nSPS) is 13.0. The van der Waals surface area contributed by atoms with E-state index < -0.39 is 0 Å².